The fraction of sp³-hybridized carbons (Fsp3) is 0.500. The first-order valence-electron chi connectivity index (χ1n) is 10.8. The molecule has 1 saturated carbocycles. The average Bonchev–Trinajstić information content (AvgIpc) is 3.50. The summed E-state index contributed by atoms with van der Waals surface area (Å²) >= 11 is 0. The van der Waals surface area contributed by atoms with Crippen LogP contribution in [0.1, 0.15) is 51.6 Å². The van der Waals surface area contributed by atoms with Gasteiger partial charge >= 0.3 is 0 Å². The minimum atomic E-state index is 0.536. The van der Waals surface area contributed by atoms with Gasteiger partial charge in [0.1, 0.15) is 35.8 Å². The summed E-state index contributed by atoms with van der Waals surface area (Å²) < 4.78 is 5.65. The maximum atomic E-state index is 5.72. The van der Waals surface area contributed by atoms with Gasteiger partial charge < -0.3 is 20.2 Å². The van der Waals surface area contributed by atoms with Gasteiger partial charge in [-0.3, -0.25) is 0 Å². The Hall–Kier alpha value is -3.03. The third-order valence-corrected chi connectivity index (χ3v) is 5.17. The quantitative estimate of drug-likeness (QED) is 0.455. The third kappa shape index (κ3) is 4.58. The molecule has 0 saturated heterocycles. The van der Waals surface area contributed by atoms with Gasteiger partial charge in [0, 0.05) is 23.6 Å². The van der Waals surface area contributed by atoms with Crippen molar-refractivity contribution in [2.45, 2.75) is 58.4 Å². The molecule has 2 aromatic heterocycles. The molecule has 3 aromatic rings. The zero-order valence-corrected chi connectivity index (χ0v) is 17.9. The Morgan fingerprint density at radius 2 is 1.93 bits per heavy atom. The maximum Gasteiger partial charge on any atom is 0.144 e. The molecule has 1 aromatic carbocycles. The number of hydrogen-bond acceptors (Lipinski definition) is 7. The lowest BCUT2D eigenvalue weighted by Gasteiger charge is -2.12. The Morgan fingerprint density at radius 3 is 2.67 bits per heavy atom. The van der Waals surface area contributed by atoms with E-state index in [1.807, 2.05) is 19.1 Å². The number of fused-ring (bicyclic) bond motifs is 1. The van der Waals surface area contributed by atoms with Crippen molar-refractivity contribution in [2.24, 2.45) is 0 Å². The lowest BCUT2D eigenvalue weighted by molar-refractivity contribution is 0.102. The second kappa shape index (κ2) is 9.19. The van der Waals surface area contributed by atoms with Crippen LogP contribution in [0.15, 0.2) is 24.5 Å². The summed E-state index contributed by atoms with van der Waals surface area (Å²) in [7, 11) is 1.66. The van der Waals surface area contributed by atoms with Crippen molar-refractivity contribution in [1.29, 1.82) is 0 Å². The summed E-state index contributed by atoms with van der Waals surface area (Å²) in [5.74, 6) is 2.26. The molecule has 8 nitrogen and oxygen atoms in total. The molecule has 1 aliphatic carbocycles. The van der Waals surface area contributed by atoms with Gasteiger partial charge in [-0.15, -0.1) is 5.10 Å². The predicted octanol–water partition coefficient (Wildman–Crippen LogP) is 4.33. The molecule has 0 unspecified atom stereocenters. The van der Waals surface area contributed by atoms with E-state index in [-0.39, 0.29) is 0 Å². The van der Waals surface area contributed by atoms with E-state index in [1.54, 1.807) is 18.3 Å². The highest BCUT2D eigenvalue weighted by molar-refractivity contribution is 5.89. The molecule has 30 heavy (non-hydrogen) atoms. The summed E-state index contributed by atoms with van der Waals surface area (Å²) in [5, 5.41) is 12.6. The number of benzene rings is 1. The molecule has 0 aliphatic heterocycles. The number of nitrogens with zero attached hydrogens (tertiary/aromatic N) is 4. The summed E-state index contributed by atoms with van der Waals surface area (Å²) in [6, 6.07) is 6.50. The van der Waals surface area contributed by atoms with Crippen molar-refractivity contribution in [1.82, 2.24) is 19.9 Å². The van der Waals surface area contributed by atoms with Gasteiger partial charge in [-0.05, 0) is 38.7 Å². The molecular formula is C22H30N6O2. The molecule has 2 N–H and O–H groups in total. The zero-order valence-electron chi connectivity index (χ0n) is 17.9. The van der Waals surface area contributed by atoms with Crippen LogP contribution in [0.4, 0.5) is 17.3 Å². The van der Waals surface area contributed by atoms with Crippen LogP contribution in [-0.4, -0.2) is 39.7 Å². The molecule has 4 rings (SSSR count). The number of methoxy groups -OCH3 is 1. The number of rotatable bonds is 11. The van der Waals surface area contributed by atoms with E-state index in [4.69, 9.17) is 14.7 Å². The van der Waals surface area contributed by atoms with E-state index in [9.17, 15) is 0 Å². The summed E-state index contributed by atoms with van der Waals surface area (Å²) in [6.45, 7) is 4.71. The smallest absolute Gasteiger partial charge is 0.144 e. The summed E-state index contributed by atoms with van der Waals surface area (Å²) in [4.78, 5) is 16.0. The second-order valence-corrected chi connectivity index (χ2v) is 7.60. The zero-order chi connectivity index (χ0) is 20.9. The van der Waals surface area contributed by atoms with Crippen molar-refractivity contribution in [3.8, 4) is 5.75 Å². The standard InChI is InChI=1S/C22H30N6O2/c1-4-6-7-8-17-16-11-18(20(29-3)12-19(16)28(27-17)30-5-2)26-22-13-21(23-14-24-22)25-15-9-10-15/h11-15H,4-10H2,1-3H3,(H2,23,24,25,26). The van der Waals surface area contributed by atoms with Crippen LogP contribution in [0, 0.1) is 0 Å². The van der Waals surface area contributed by atoms with Crippen LogP contribution in [0.25, 0.3) is 10.9 Å². The molecule has 160 valence electrons. The molecule has 0 amide bonds. The first kappa shape index (κ1) is 20.3. The van der Waals surface area contributed by atoms with Crippen molar-refractivity contribution in [3.63, 3.8) is 0 Å². The van der Waals surface area contributed by atoms with Crippen molar-refractivity contribution in [3.05, 3.63) is 30.2 Å². The number of nitrogens with one attached hydrogen (secondary N) is 2. The molecule has 1 aliphatic rings. The molecule has 1 fully saturated rings. The molecule has 2 heterocycles. The largest absolute Gasteiger partial charge is 0.494 e. The van der Waals surface area contributed by atoms with E-state index >= 15 is 0 Å². The first-order valence-corrected chi connectivity index (χ1v) is 10.8. The number of hydrogen-bond donors (Lipinski definition) is 2. The Morgan fingerprint density at radius 1 is 1.10 bits per heavy atom. The molecular weight excluding hydrogens is 380 g/mol. The molecule has 0 radical (unpaired) electrons. The SMILES string of the molecule is CCCCCc1nn(OCC)c2cc(OC)c(Nc3cc(NC4CC4)ncn3)cc12. The van der Waals surface area contributed by atoms with Gasteiger partial charge in [-0.1, -0.05) is 24.6 Å². The molecule has 8 heteroatoms. The van der Waals surface area contributed by atoms with Gasteiger partial charge in [0.05, 0.1) is 18.5 Å². The monoisotopic (exact) mass is 410 g/mol. The van der Waals surface area contributed by atoms with Gasteiger partial charge in [-0.2, -0.15) is 0 Å². The molecule has 0 spiro atoms. The van der Waals surface area contributed by atoms with Crippen molar-refractivity contribution >= 4 is 28.2 Å². The number of unbranched alkanes of at least 4 members (excludes halogenated alkanes) is 2. The van der Waals surface area contributed by atoms with E-state index in [0.29, 0.717) is 18.4 Å². The lowest BCUT2D eigenvalue weighted by Crippen LogP contribution is -2.12. The van der Waals surface area contributed by atoms with Gasteiger partial charge in [0.25, 0.3) is 0 Å². The molecule has 0 bridgehead atoms. The Labute approximate surface area is 177 Å². The first-order chi connectivity index (χ1) is 14.7. The van der Waals surface area contributed by atoms with E-state index in [2.05, 4.69) is 33.6 Å². The number of aryl methyl sites for hydroxylation is 1. The van der Waals surface area contributed by atoms with Gasteiger partial charge in [0.2, 0.25) is 0 Å². The molecule has 0 atom stereocenters. The fourth-order valence-corrected chi connectivity index (χ4v) is 3.47. The second-order valence-electron chi connectivity index (χ2n) is 7.60. The summed E-state index contributed by atoms with van der Waals surface area (Å²) in [6.07, 6.45) is 8.34. The third-order valence-electron chi connectivity index (χ3n) is 5.17. The van der Waals surface area contributed by atoms with Gasteiger partial charge in [0.15, 0.2) is 0 Å². The normalized spacial score (nSPS) is 13.4. The van der Waals surface area contributed by atoms with E-state index < -0.39 is 0 Å². The van der Waals surface area contributed by atoms with E-state index in [0.717, 1.165) is 46.8 Å². The van der Waals surface area contributed by atoms with Crippen LogP contribution < -0.4 is 20.2 Å². The van der Waals surface area contributed by atoms with E-state index in [1.165, 1.54) is 25.7 Å². The van der Waals surface area contributed by atoms with Crippen molar-refractivity contribution < 1.29 is 9.57 Å². The minimum absolute atomic E-state index is 0.536. The maximum absolute atomic E-state index is 5.72. The topological polar surface area (TPSA) is 86.1 Å². The Kier molecular flexibility index (Phi) is 6.21. The van der Waals surface area contributed by atoms with Crippen LogP contribution in [0.5, 0.6) is 5.75 Å². The van der Waals surface area contributed by atoms with Crippen molar-refractivity contribution in [2.75, 3.05) is 24.4 Å². The number of ether oxygens (including phenoxy) is 1. The minimum Gasteiger partial charge on any atom is -0.494 e. The highest BCUT2D eigenvalue weighted by Gasteiger charge is 2.21. The summed E-state index contributed by atoms with van der Waals surface area (Å²) in [5.41, 5.74) is 2.79. The lowest BCUT2D eigenvalue weighted by atomic mass is 10.1. The van der Waals surface area contributed by atoms with Crippen LogP contribution in [0.2, 0.25) is 0 Å². The van der Waals surface area contributed by atoms with Gasteiger partial charge in [-0.25, -0.2) is 9.97 Å². The Bertz CT molecular complexity index is 999. The average molecular weight is 411 g/mol. The fourth-order valence-electron chi connectivity index (χ4n) is 3.47. The van der Waals surface area contributed by atoms with Crippen LogP contribution >= 0.6 is 0 Å². The van der Waals surface area contributed by atoms with Crippen LogP contribution in [0.3, 0.4) is 0 Å². The predicted molar refractivity (Wildman–Crippen MR) is 119 cm³/mol. The number of aromatic nitrogens is 4. The van der Waals surface area contributed by atoms with Crippen LogP contribution in [-0.2, 0) is 6.42 Å². The Balaban J connectivity index is 1.67. The highest BCUT2D eigenvalue weighted by Crippen LogP contribution is 2.34. The number of anilines is 3. The highest BCUT2D eigenvalue weighted by atomic mass is 16.7.